The fourth-order valence-electron chi connectivity index (χ4n) is 1.56. The summed E-state index contributed by atoms with van der Waals surface area (Å²) in [6, 6.07) is -0.717. The summed E-state index contributed by atoms with van der Waals surface area (Å²) in [6.07, 6.45) is 1.38. The second kappa shape index (κ2) is 9.90. The largest absolute Gasteiger partial charge is 0.458 e. The van der Waals surface area contributed by atoms with Gasteiger partial charge in [-0.05, 0) is 67.3 Å². The summed E-state index contributed by atoms with van der Waals surface area (Å²) in [5.41, 5.74) is 4.24. The highest BCUT2D eigenvalue weighted by Crippen LogP contribution is 2.13. The van der Waals surface area contributed by atoms with Crippen molar-refractivity contribution in [1.82, 2.24) is 5.32 Å². The average molecular weight is 340 g/mol. The SMILES string of the molecule is CC(C)(C)OC(=O)N[C@@H](CCCC[15NH2])C(=O)OC(C)(C)C.Cl. The molecule has 6 nitrogen and oxygen atoms in total. The maximum absolute atomic E-state index is 12.1. The van der Waals surface area contributed by atoms with E-state index in [1.54, 1.807) is 41.5 Å². The van der Waals surface area contributed by atoms with Crippen molar-refractivity contribution in [3.8, 4) is 0 Å². The quantitative estimate of drug-likeness (QED) is 0.441. The Morgan fingerprint density at radius 1 is 1.00 bits per heavy atom. The van der Waals surface area contributed by atoms with E-state index in [9.17, 15) is 9.59 Å². The monoisotopic (exact) mass is 339 g/mol. The molecular formula is C15H31ClN2O4. The van der Waals surface area contributed by atoms with Gasteiger partial charge in [0.05, 0.1) is 0 Å². The number of hydrogen-bond acceptors (Lipinski definition) is 5. The molecule has 0 aromatic heterocycles. The lowest BCUT2D eigenvalue weighted by atomic mass is 10.1. The number of carbonyl (C=O) groups excluding carboxylic acids is 2. The van der Waals surface area contributed by atoms with Gasteiger partial charge in [0.15, 0.2) is 0 Å². The van der Waals surface area contributed by atoms with Crippen molar-refractivity contribution in [2.45, 2.75) is 78.0 Å². The number of ether oxygens (including phenoxy) is 2. The van der Waals surface area contributed by atoms with Crippen LogP contribution in [0.2, 0.25) is 0 Å². The van der Waals surface area contributed by atoms with E-state index < -0.39 is 29.3 Å². The number of hydrogen-bond donors (Lipinski definition) is 2. The summed E-state index contributed by atoms with van der Waals surface area (Å²) in [4.78, 5) is 23.9. The lowest BCUT2D eigenvalue weighted by molar-refractivity contribution is -0.157. The zero-order valence-corrected chi connectivity index (χ0v) is 15.3. The number of alkyl carbamates (subject to hydrolysis) is 1. The highest BCUT2D eigenvalue weighted by Gasteiger charge is 2.28. The number of nitrogens with one attached hydrogen (secondary N) is 1. The third kappa shape index (κ3) is 12.7. The van der Waals surface area contributed by atoms with Crippen molar-refractivity contribution in [3.05, 3.63) is 0 Å². The summed E-state index contributed by atoms with van der Waals surface area (Å²) in [6.45, 7) is 11.2. The maximum Gasteiger partial charge on any atom is 0.408 e. The normalized spacial score (nSPS) is 12.9. The van der Waals surface area contributed by atoms with E-state index in [1.165, 1.54) is 0 Å². The van der Waals surface area contributed by atoms with E-state index in [2.05, 4.69) is 5.32 Å². The highest BCUT2D eigenvalue weighted by atomic mass is 35.5. The number of esters is 1. The fourth-order valence-corrected chi connectivity index (χ4v) is 1.56. The Bertz CT molecular complexity index is 348. The van der Waals surface area contributed by atoms with Gasteiger partial charge < -0.3 is 20.5 Å². The van der Waals surface area contributed by atoms with Crippen molar-refractivity contribution < 1.29 is 19.1 Å². The van der Waals surface area contributed by atoms with Gasteiger partial charge >= 0.3 is 12.1 Å². The molecule has 0 aliphatic heterocycles. The van der Waals surface area contributed by atoms with Crippen molar-refractivity contribution >= 4 is 24.5 Å². The van der Waals surface area contributed by atoms with Crippen LogP contribution >= 0.6 is 12.4 Å². The van der Waals surface area contributed by atoms with Crippen molar-refractivity contribution in [1.29, 1.82) is 0 Å². The van der Waals surface area contributed by atoms with E-state index in [1.807, 2.05) is 0 Å². The molecule has 0 aliphatic rings. The van der Waals surface area contributed by atoms with Gasteiger partial charge in [0, 0.05) is 0 Å². The zero-order chi connectivity index (χ0) is 16.7. The third-order valence-corrected chi connectivity index (χ3v) is 2.33. The molecule has 0 aromatic carbocycles. The summed E-state index contributed by atoms with van der Waals surface area (Å²) >= 11 is 0. The van der Waals surface area contributed by atoms with E-state index in [-0.39, 0.29) is 12.4 Å². The lowest BCUT2D eigenvalue weighted by Crippen LogP contribution is -2.46. The predicted molar refractivity (Wildman–Crippen MR) is 89.2 cm³/mol. The molecule has 0 saturated carbocycles. The van der Waals surface area contributed by atoms with Gasteiger partial charge in [-0.1, -0.05) is 0 Å². The molecule has 1 atom stereocenters. The van der Waals surface area contributed by atoms with E-state index in [4.69, 9.17) is 15.2 Å². The van der Waals surface area contributed by atoms with Crippen LogP contribution in [-0.4, -0.2) is 35.9 Å². The second-order valence-corrected chi connectivity index (χ2v) is 7.02. The van der Waals surface area contributed by atoms with Gasteiger partial charge in [0.25, 0.3) is 0 Å². The molecule has 0 aromatic rings. The molecule has 0 aliphatic carbocycles. The molecule has 0 unspecified atom stereocenters. The Hall–Kier alpha value is -1.01. The highest BCUT2D eigenvalue weighted by molar-refractivity contribution is 5.85. The number of unbranched alkanes of at least 4 members (excludes halogenated alkanes) is 1. The molecule has 132 valence electrons. The topological polar surface area (TPSA) is 90.6 Å². The lowest BCUT2D eigenvalue weighted by Gasteiger charge is -2.26. The standard InChI is InChI=1S/C15H30N2O4.ClH/c1-14(2,3)20-12(18)11(9-7-8-10-16)17-13(19)21-15(4,5)6;/h11H,7-10,16H2,1-6H3,(H,17,19);1H/t11-;/m0./s1/i16+1;. The summed E-state index contributed by atoms with van der Waals surface area (Å²) in [5.74, 6) is -0.453. The summed E-state index contributed by atoms with van der Waals surface area (Å²) in [7, 11) is 0. The third-order valence-electron chi connectivity index (χ3n) is 2.33. The van der Waals surface area contributed by atoms with E-state index >= 15 is 0 Å². The Morgan fingerprint density at radius 3 is 1.91 bits per heavy atom. The van der Waals surface area contributed by atoms with Crippen LogP contribution in [-0.2, 0) is 14.3 Å². The molecule has 0 bridgehead atoms. The number of halogens is 1. The predicted octanol–water partition coefficient (Wildman–Crippen LogP) is 2.77. The molecule has 22 heavy (non-hydrogen) atoms. The molecule has 7 heteroatoms. The zero-order valence-electron chi connectivity index (χ0n) is 14.5. The molecular weight excluding hydrogens is 309 g/mol. The molecule has 1 amide bonds. The Kier molecular flexibility index (Phi) is 10.5. The molecule has 3 N–H and O–H groups in total. The van der Waals surface area contributed by atoms with E-state index in [0.29, 0.717) is 13.0 Å². The Labute approximate surface area is 139 Å². The van der Waals surface area contributed by atoms with Crippen LogP contribution in [0.15, 0.2) is 0 Å². The maximum atomic E-state index is 12.1. The van der Waals surface area contributed by atoms with Gasteiger partial charge in [0.1, 0.15) is 17.2 Å². The van der Waals surface area contributed by atoms with Crippen LogP contribution < -0.4 is 11.1 Å². The smallest absolute Gasteiger partial charge is 0.408 e. The minimum Gasteiger partial charge on any atom is -0.458 e. The van der Waals surface area contributed by atoms with Crippen LogP contribution in [0.25, 0.3) is 0 Å². The molecule has 0 radical (unpaired) electrons. The van der Waals surface area contributed by atoms with Crippen molar-refractivity contribution in [3.63, 3.8) is 0 Å². The van der Waals surface area contributed by atoms with Crippen LogP contribution in [0.3, 0.4) is 0 Å². The second-order valence-electron chi connectivity index (χ2n) is 7.02. The van der Waals surface area contributed by atoms with Gasteiger partial charge in [-0.3, -0.25) is 0 Å². The van der Waals surface area contributed by atoms with Gasteiger partial charge in [0.2, 0.25) is 0 Å². The average Bonchev–Trinajstić information content (AvgIpc) is 2.22. The van der Waals surface area contributed by atoms with Crippen LogP contribution in [0.1, 0.15) is 60.8 Å². The van der Waals surface area contributed by atoms with Crippen LogP contribution in [0, 0.1) is 0 Å². The van der Waals surface area contributed by atoms with Gasteiger partial charge in [-0.15, -0.1) is 12.4 Å². The molecule has 0 fully saturated rings. The molecule has 0 spiro atoms. The minimum atomic E-state index is -0.717. The molecule has 0 heterocycles. The van der Waals surface area contributed by atoms with Crippen LogP contribution in [0.4, 0.5) is 4.79 Å². The first-order chi connectivity index (χ1) is 9.44. The number of rotatable bonds is 6. The van der Waals surface area contributed by atoms with Crippen LogP contribution in [0.5, 0.6) is 0 Å². The summed E-state index contributed by atoms with van der Waals surface area (Å²) < 4.78 is 10.5. The Balaban J connectivity index is 0. The minimum absolute atomic E-state index is 0. The number of amides is 1. The summed E-state index contributed by atoms with van der Waals surface area (Å²) in [5, 5.41) is 2.58. The first-order valence-corrected chi connectivity index (χ1v) is 7.37. The number of nitrogens with two attached hydrogens (primary N) is 1. The van der Waals surface area contributed by atoms with Gasteiger partial charge in [-0.25, -0.2) is 9.59 Å². The first kappa shape index (κ1) is 23.3. The first-order valence-electron chi connectivity index (χ1n) is 7.37. The molecule has 0 rings (SSSR count). The van der Waals surface area contributed by atoms with E-state index in [0.717, 1.165) is 12.8 Å². The fraction of sp³-hybridized carbons (Fsp3) is 0.867. The molecule has 0 saturated heterocycles. The number of carbonyl (C=O) groups is 2. The van der Waals surface area contributed by atoms with Crippen molar-refractivity contribution in [2.75, 3.05) is 6.54 Å². The van der Waals surface area contributed by atoms with Crippen molar-refractivity contribution in [2.24, 2.45) is 5.73 Å². The van der Waals surface area contributed by atoms with Gasteiger partial charge in [-0.2, -0.15) is 0 Å². The Morgan fingerprint density at radius 2 is 1.50 bits per heavy atom.